The molecule has 7 heteroatoms. The Bertz CT molecular complexity index is 697. The van der Waals surface area contributed by atoms with Crippen molar-refractivity contribution in [2.75, 3.05) is 13.7 Å². The minimum atomic E-state index is -1.50. The largest absolute Gasteiger partial charge is 0.479 e. The van der Waals surface area contributed by atoms with Crippen molar-refractivity contribution < 1.29 is 19.4 Å². The highest BCUT2D eigenvalue weighted by Gasteiger charge is 2.36. The summed E-state index contributed by atoms with van der Waals surface area (Å²) in [6, 6.07) is 7.40. The smallest absolute Gasteiger partial charge is 0.331 e. The maximum Gasteiger partial charge on any atom is 0.331 e. The Kier molecular flexibility index (Phi) is 4.34. The standard InChI is InChI=1S/C14H15BrN2O4/c1-14(7-21-2,13(19)20)17-12(18)11-10(15)8-5-3-4-6-9(8)16-11/h3-6,16H,7H2,1-2H3,(H,17,18)(H,19,20). The number of benzene rings is 1. The molecule has 0 fully saturated rings. The van der Waals surface area contributed by atoms with Crippen molar-refractivity contribution in [2.45, 2.75) is 12.5 Å². The van der Waals surface area contributed by atoms with Crippen LogP contribution < -0.4 is 5.32 Å². The van der Waals surface area contributed by atoms with Gasteiger partial charge in [-0.1, -0.05) is 18.2 Å². The maximum absolute atomic E-state index is 12.3. The van der Waals surface area contributed by atoms with Crippen molar-refractivity contribution in [1.82, 2.24) is 10.3 Å². The number of aliphatic carboxylic acids is 1. The van der Waals surface area contributed by atoms with Crippen LogP contribution in [-0.4, -0.2) is 41.2 Å². The second-order valence-corrected chi connectivity index (χ2v) is 5.68. The number of methoxy groups -OCH3 is 1. The minimum absolute atomic E-state index is 0.133. The number of carboxylic acid groups (broad SMARTS) is 1. The molecular formula is C14H15BrN2O4. The minimum Gasteiger partial charge on any atom is -0.479 e. The van der Waals surface area contributed by atoms with Crippen molar-refractivity contribution in [3.63, 3.8) is 0 Å². The highest BCUT2D eigenvalue weighted by atomic mass is 79.9. The molecule has 112 valence electrons. The zero-order chi connectivity index (χ0) is 15.6. The first-order valence-electron chi connectivity index (χ1n) is 6.20. The number of fused-ring (bicyclic) bond motifs is 1. The quantitative estimate of drug-likeness (QED) is 0.767. The van der Waals surface area contributed by atoms with Gasteiger partial charge in [0.2, 0.25) is 0 Å². The van der Waals surface area contributed by atoms with E-state index in [1.165, 1.54) is 14.0 Å². The van der Waals surface area contributed by atoms with Gasteiger partial charge in [-0.15, -0.1) is 0 Å². The normalized spacial score (nSPS) is 13.9. The third-order valence-electron chi connectivity index (χ3n) is 3.16. The van der Waals surface area contributed by atoms with E-state index in [2.05, 4.69) is 26.2 Å². The van der Waals surface area contributed by atoms with Crippen LogP contribution in [0, 0.1) is 0 Å². The number of para-hydroxylation sites is 1. The fraction of sp³-hybridized carbons (Fsp3) is 0.286. The molecule has 2 rings (SSSR count). The predicted octanol–water partition coefficient (Wildman–Crippen LogP) is 2.15. The van der Waals surface area contributed by atoms with Crippen LogP contribution in [-0.2, 0) is 9.53 Å². The van der Waals surface area contributed by atoms with Crippen LogP contribution in [0.2, 0.25) is 0 Å². The van der Waals surface area contributed by atoms with Crippen LogP contribution >= 0.6 is 15.9 Å². The molecule has 0 bridgehead atoms. The van der Waals surface area contributed by atoms with E-state index in [0.717, 1.165) is 10.9 Å². The van der Waals surface area contributed by atoms with Gasteiger partial charge in [0.15, 0.2) is 5.54 Å². The van der Waals surface area contributed by atoms with Gasteiger partial charge >= 0.3 is 5.97 Å². The molecule has 1 aromatic heterocycles. The number of ether oxygens (including phenoxy) is 1. The van der Waals surface area contributed by atoms with Crippen molar-refractivity contribution in [3.05, 3.63) is 34.4 Å². The number of aromatic amines is 1. The van der Waals surface area contributed by atoms with E-state index < -0.39 is 17.4 Å². The third kappa shape index (κ3) is 2.93. The van der Waals surface area contributed by atoms with Crippen molar-refractivity contribution >= 4 is 38.7 Å². The Hall–Kier alpha value is -1.86. The second-order valence-electron chi connectivity index (χ2n) is 4.88. The van der Waals surface area contributed by atoms with Crippen molar-refractivity contribution in [3.8, 4) is 0 Å². The van der Waals surface area contributed by atoms with Crippen LogP contribution in [0.15, 0.2) is 28.7 Å². The lowest BCUT2D eigenvalue weighted by atomic mass is 10.0. The zero-order valence-corrected chi connectivity index (χ0v) is 13.2. The molecule has 1 unspecified atom stereocenters. The fourth-order valence-corrected chi connectivity index (χ4v) is 2.64. The van der Waals surface area contributed by atoms with Crippen molar-refractivity contribution in [1.29, 1.82) is 0 Å². The Morgan fingerprint density at radius 1 is 1.43 bits per heavy atom. The zero-order valence-electron chi connectivity index (χ0n) is 11.6. The average molecular weight is 355 g/mol. The van der Waals surface area contributed by atoms with Gasteiger partial charge in [-0.3, -0.25) is 4.79 Å². The Labute approximate surface area is 129 Å². The summed E-state index contributed by atoms with van der Waals surface area (Å²) in [6.07, 6.45) is 0. The summed E-state index contributed by atoms with van der Waals surface area (Å²) in [5.41, 5.74) is -0.430. The molecule has 1 amide bonds. The van der Waals surface area contributed by atoms with Gasteiger partial charge in [0.25, 0.3) is 5.91 Å². The number of carboxylic acids is 1. The number of aromatic nitrogens is 1. The first kappa shape index (κ1) is 15.5. The lowest BCUT2D eigenvalue weighted by molar-refractivity contribution is -0.145. The summed E-state index contributed by atoms with van der Waals surface area (Å²) in [7, 11) is 1.38. The second kappa shape index (κ2) is 5.87. The summed E-state index contributed by atoms with van der Waals surface area (Å²) in [5.74, 6) is -1.68. The number of carbonyl (C=O) groups is 2. The molecule has 0 saturated heterocycles. The molecule has 0 saturated carbocycles. The summed E-state index contributed by atoms with van der Waals surface area (Å²) >= 11 is 3.37. The van der Waals surface area contributed by atoms with Gasteiger partial charge in [0, 0.05) is 18.0 Å². The van der Waals surface area contributed by atoms with Gasteiger partial charge in [-0.05, 0) is 28.9 Å². The van der Waals surface area contributed by atoms with E-state index in [1.54, 1.807) is 0 Å². The number of halogens is 1. The number of carbonyl (C=O) groups excluding carboxylic acids is 1. The van der Waals surface area contributed by atoms with Crippen LogP contribution in [0.4, 0.5) is 0 Å². The Balaban J connectivity index is 2.34. The van der Waals surface area contributed by atoms with Gasteiger partial charge < -0.3 is 20.1 Å². The molecule has 3 N–H and O–H groups in total. The first-order chi connectivity index (χ1) is 9.89. The van der Waals surface area contributed by atoms with E-state index in [9.17, 15) is 14.7 Å². The highest BCUT2D eigenvalue weighted by molar-refractivity contribution is 9.10. The molecule has 21 heavy (non-hydrogen) atoms. The van der Waals surface area contributed by atoms with Gasteiger partial charge in [-0.25, -0.2) is 4.79 Å². The third-order valence-corrected chi connectivity index (χ3v) is 3.99. The number of H-pyrrole nitrogens is 1. The molecule has 0 spiro atoms. The molecule has 1 atom stereocenters. The van der Waals surface area contributed by atoms with Crippen LogP contribution in [0.3, 0.4) is 0 Å². The van der Waals surface area contributed by atoms with E-state index in [1.807, 2.05) is 24.3 Å². The summed E-state index contributed by atoms with van der Waals surface area (Å²) in [4.78, 5) is 26.6. The molecule has 2 aromatic rings. The highest BCUT2D eigenvalue weighted by Crippen LogP contribution is 2.27. The number of rotatable bonds is 5. The Morgan fingerprint density at radius 3 is 2.67 bits per heavy atom. The molecule has 0 aliphatic carbocycles. The molecule has 0 radical (unpaired) electrons. The molecule has 1 heterocycles. The average Bonchev–Trinajstić information content (AvgIpc) is 2.77. The number of hydrogen-bond donors (Lipinski definition) is 3. The first-order valence-corrected chi connectivity index (χ1v) is 6.99. The summed E-state index contributed by atoms with van der Waals surface area (Å²) < 4.78 is 5.47. The number of amides is 1. The van der Waals surface area contributed by atoms with Crippen molar-refractivity contribution in [2.24, 2.45) is 0 Å². The van der Waals surface area contributed by atoms with E-state index in [0.29, 0.717) is 4.47 Å². The van der Waals surface area contributed by atoms with E-state index in [4.69, 9.17) is 4.74 Å². The van der Waals surface area contributed by atoms with Crippen LogP contribution in [0.25, 0.3) is 10.9 Å². The molecule has 0 aliphatic rings. The topological polar surface area (TPSA) is 91.4 Å². The molecule has 6 nitrogen and oxygen atoms in total. The number of nitrogens with one attached hydrogen (secondary N) is 2. The Morgan fingerprint density at radius 2 is 2.10 bits per heavy atom. The van der Waals surface area contributed by atoms with Crippen LogP contribution in [0.5, 0.6) is 0 Å². The van der Waals surface area contributed by atoms with E-state index >= 15 is 0 Å². The number of hydrogen-bond acceptors (Lipinski definition) is 3. The van der Waals surface area contributed by atoms with Gasteiger partial charge in [-0.2, -0.15) is 0 Å². The lowest BCUT2D eigenvalue weighted by Crippen LogP contribution is -2.55. The summed E-state index contributed by atoms with van der Waals surface area (Å²) in [5, 5.41) is 12.6. The molecule has 1 aromatic carbocycles. The monoisotopic (exact) mass is 354 g/mol. The van der Waals surface area contributed by atoms with E-state index in [-0.39, 0.29) is 12.3 Å². The fourth-order valence-electron chi connectivity index (χ4n) is 2.02. The van der Waals surface area contributed by atoms with Gasteiger partial charge in [0.1, 0.15) is 5.69 Å². The molecular weight excluding hydrogens is 340 g/mol. The van der Waals surface area contributed by atoms with Gasteiger partial charge in [0.05, 0.1) is 11.1 Å². The van der Waals surface area contributed by atoms with Crippen LogP contribution in [0.1, 0.15) is 17.4 Å². The predicted molar refractivity (Wildman–Crippen MR) is 81.4 cm³/mol. The maximum atomic E-state index is 12.3. The summed E-state index contributed by atoms with van der Waals surface area (Å²) in [6.45, 7) is 1.26. The lowest BCUT2D eigenvalue weighted by Gasteiger charge is -2.25. The SMILES string of the molecule is COCC(C)(NC(=O)c1[nH]c2ccccc2c1Br)C(=O)O. The molecule has 0 aliphatic heterocycles.